The van der Waals surface area contributed by atoms with Crippen LogP contribution in [0.2, 0.25) is 5.02 Å². The number of nitrogens with zero attached hydrogens (tertiary/aromatic N) is 3. The van der Waals surface area contributed by atoms with E-state index in [-0.39, 0.29) is 23.0 Å². The van der Waals surface area contributed by atoms with Crippen LogP contribution in [0.1, 0.15) is 0 Å². The Labute approximate surface area is 117 Å². The summed E-state index contributed by atoms with van der Waals surface area (Å²) >= 11 is 6.01. The van der Waals surface area contributed by atoms with Gasteiger partial charge in [0.15, 0.2) is 17.0 Å². The second-order valence-electron chi connectivity index (χ2n) is 3.98. The van der Waals surface area contributed by atoms with Crippen LogP contribution in [0.15, 0.2) is 35.0 Å². The summed E-state index contributed by atoms with van der Waals surface area (Å²) in [5, 5.41) is 12.2. The molecular formula is C12H7ClN4O3. The van der Waals surface area contributed by atoms with Gasteiger partial charge in [0, 0.05) is 5.39 Å². The summed E-state index contributed by atoms with van der Waals surface area (Å²) in [4.78, 5) is 17.9. The second kappa shape index (κ2) is 4.46. The van der Waals surface area contributed by atoms with Crippen molar-refractivity contribution in [3.05, 3.63) is 45.7 Å². The van der Waals surface area contributed by atoms with E-state index in [1.54, 1.807) is 24.3 Å². The number of aromatic nitrogens is 2. The molecule has 0 spiro atoms. The Hall–Kier alpha value is -2.67. The normalized spacial score (nSPS) is 10.8. The van der Waals surface area contributed by atoms with E-state index in [2.05, 4.69) is 9.97 Å². The van der Waals surface area contributed by atoms with Gasteiger partial charge in [0.25, 0.3) is 0 Å². The van der Waals surface area contributed by atoms with E-state index in [0.717, 1.165) is 11.7 Å². The number of hydrogen-bond acceptors (Lipinski definition) is 6. The van der Waals surface area contributed by atoms with Crippen molar-refractivity contribution < 1.29 is 9.34 Å². The quantitative estimate of drug-likeness (QED) is 0.574. The van der Waals surface area contributed by atoms with Crippen molar-refractivity contribution in [1.29, 1.82) is 0 Å². The molecule has 3 aromatic rings. The molecule has 20 heavy (non-hydrogen) atoms. The predicted molar refractivity (Wildman–Crippen MR) is 73.3 cm³/mol. The molecule has 1 aromatic carbocycles. The molecule has 2 aromatic heterocycles. The molecule has 0 aliphatic rings. The lowest BCUT2D eigenvalue weighted by Gasteiger charge is -2.00. The van der Waals surface area contributed by atoms with Gasteiger partial charge in [-0.3, -0.25) is 10.1 Å². The highest BCUT2D eigenvalue weighted by atomic mass is 35.5. The Morgan fingerprint density at radius 2 is 2.15 bits per heavy atom. The second-order valence-corrected chi connectivity index (χ2v) is 4.39. The molecular weight excluding hydrogens is 284 g/mol. The summed E-state index contributed by atoms with van der Waals surface area (Å²) in [5.74, 6) is 0.000420. The molecule has 0 saturated heterocycles. The summed E-state index contributed by atoms with van der Waals surface area (Å²) in [7, 11) is 0. The first-order valence-electron chi connectivity index (χ1n) is 5.51. The van der Waals surface area contributed by atoms with Crippen LogP contribution < -0.4 is 5.73 Å². The minimum atomic E-state index is -0.639. The van der Waals surface area contributed by atoms with Gasteiger partial charge in [0.2, 0.25) is 5.82 Å². The van der Waals surface area contributed by atoms with Crippen molar-refractivity contribution in [3.8, 4) is 11.5 Å². The SMILES string of the molecule is Nc1ncnc(-c2cc3cccc(Cl)c3o2)c1[N+](=O)[O-]. The van der Waals surface area contributed by atoms with Crippen molar-refractivity contribution in [2.75, 3.05) is 5.73 Å². The van der Waals surface area contributed by atoms with E-state index in [9.17, 15) is 10.1 Å². The monoisotopic (exact) mass is 290 g/mol. The van der Waals surface area contributed by atoms with Crippen LogP contribution in [-0.4, -0.2) is 14.9 Å². The van der Waals surface area contributed by atoms with Gasteiger partial charge in [0.1, 0.15) is 6.33 Å². The molecule has 0 unspecified atom stereocenters. The molecule has 0 saturated carbocycles. The van der Waals surface area contributed by atoms with Gasteiger partial charge < -0.3 is 10.2 Å². The van der Waals surface area contributed by atoms with E-state index in [4.69, 9.17) is 21.8 Å². The number of furan rings is 1. The zero-order valence-corrected chi connectivity index (χ0v) is 10.7. The van der Waals surface area contributed by atoms with E-state index in [0.29, 0.717) is 10.6 Å². The van der Waals surface area contributed by atoms with E-state index in [1.807, 2.05) is 0 Å². The predicted octanol–water partition coefficient (Wildman–Crippen LogP) is 3.03. The fraction of sp³-hybridized carbons (Fsp3) is 0. The zero-order valence-electron chi connectivity index (χ0n) is 9.91. The van der Waals surface area contributed by atoms with Crippen molar-refractivity contribution in [2.24, 2.45) is 0 Å². The minimum Gasteiger partial charge on any atom is -0.453 e. The maximum absolute atomic E-state index is 11.1. The number of benzene rings is 1. The zero-order chi connectivity index (χ0) is 14.3. The number of hydrogen-bond donors (Lipinski definition) is 1. The largest absolute Gasteiger partial charge is 0.453 e. The molecule has 0 atom stereocenters. The summed E-state index contributed by atoms with van der Waals surface area (Å²) < 4.78 is 5.55. The molecule has 2 N–H and O–H groups in total. The number of rotatable bonds is 2. The Balaban J connectivity index is 2.29. The lowest BCUT2D eigenvalue weighted by atomic mass is 10.2. The van der Waals surface area contributed by atoms with Crippen molar-refractivity contribution in [1.82, 2.24) is 9.97 Å². The number of fused-ring (bicyclic) bond motifs is 1. The Morgan fingerprint density at radius 3 is 2.85 bits per heavy atom. The number of nitrogen functional groups attached to an aromatic ring is 1. The number of halogens is 1. The average Bonchev–Trinajstić information content (AvgIpc) is 2.83. The highest BCUT2D eigenvalue weighted by molar-refractivity contribution is 6.34. The van der Waals surface area contributed by atoms with Crippen molar-refractivity contribution in [2.45, 2.75) is 0 Å². The van der Waals surface area contributed by atoms with Gasteiger partial charge in [-0.2, -0.15) is 0 Å². The number of nitrogens with two attached hydrogens (primary N) is 1. The van der Waals surface area contributed by atoms with Crippen molar-refractivity contribution in [3.63, 3.8) is 0 Å². The van der Waals surface area contributed by atoms with Gasteiger partial charge in [-0.1, -0.05) is 23.7 Å². The van der Waals surface area contributed by atoms with E-state index < -0.39 is 4.92 Å². The Morgan fingerprint density at radius 1 is 1.35 bits per heavy atom. The molecule has 7 nitrogen and oxygen atoms in total. The smallest absolute Gasteiger partial charge is 0.340 e. The minimum absolute atomic E-state index is 0.0229. The number of para-hydroxylation sites is 1. The van der Waals surface area contributed by atoms with Gasteiger partial charge in [0.05, 0.1) is 9.95 Å². The van der Waals surface area contributed by atoms with Crippen LogP contribution in [0.25, 0.3) is 22.4 Å². The fourth-order valence-corrected chi connectivity index (χ4v) is 2.12. The fourth-order valence-electron chi connectivity index (χ4n) is 1.90. The molecule has 100 valence electrons. The van der Waals surface area contributed by atoms with Crippen molar-refractivity contribution >= 4 is 34.1 Å². The van der Waals surface area contributed by atoms with Crippen LogP contribution in [0.3, 0.4) is 0 Å². The molecule has 0 aliphatic heterocycles. The van der Waals surface area contributed by atoms with Crippen LogP contribution in [0, 0.1) is 10.1 Å². The van der Waals surface area contributed by atoms with Gasteiger partial charge in [-0.05, 0) is 12.1 Å². The van der Waals surface area contributed by atoms with Crippen LogP contribution >= 0.6 is 11.6 Å². The van der Waals surface area contributed by atoms with Gasteiger partial charge in [-0.25, -0.2) is 9.97 Å². The van der Waals surface area contributed by atoms with Gasteiger partial charge in [-0.15, -0.1) is 0 Å². The number of nitro groups is 1. The number of anilines is 1. The standard InChI is InChI=1S/C12H7ClN4O3/c13-7-3-1-2-6-4-8(20-11(6)7)9-10(17(18)19)12(14)16-5-15-9/h1-5H,(H2,14,15,16). The lowest BCUT2D eigenvalue weighted by molar-refractivity contribution is -0.383. The Bertz CT molecular complexity index is 831. The molecule has 0 amide bonds. The molecule has 8 heteroatoms. The van der Waals surface area contributed by atoms with Crippen LogP contribution in [-0.2, 0) is 0 Å². The Kier molecular flexibility index (Phi) is 2.76. The maximum atomic E-state index is 11.1. The molecule has 3 rings (SSSR count). The third kappa shape index (κ3) is 1.84. The molecule has 0 radical (unpaired) electrons. The third-order valence-electron chi connectivity index (χ3n) is 2.76. The summed E-state index contributed by atoms with van der Waals surface area (Å²) in [6.45, 7) is 0. The van der Waals surface area contributed by atoms with Crippen LogP contribution in [0.5, 0.6) is 0 Å². The first-order valence-corrected chi connectivity index (χ1v) is 5.89. The molecule has 0 bridgehead atoms. The molecule has 0 fully saturated rings. The van der Waals surface area contributed by atoms with E-state index in [1.165, 1.54) is 0 Å². The van der Waals surface area contributed by atoms with E-state index >= 15 is 0 Å². The summed E-state index contributed by atoms with van der Waals surface area (Å²) in [5.41, 5.74) is 5.60. The summed E-state index contributed by atoms with van der Waals surface area (Å²) in [6, 6.07) is 6.83. The first kappa shape index (κ1) is 12.4. The molecule has 0 aliphatic carbocycles. The highest BCUT2D eigenvalue weighted by Gasteiger charge is 2.25. The van der Waals surface area contributed by atoms with Gasteiger partial charge >= 0.3 is 5.69 Å². The lowest BCUT2D eigenvalue weighted by Crippen LogP contribution is -2.02. The third-order valence-corrected chi connectivity index (χ3v) is 3.06. The highest BCUT2D eigenvalue weighted by Crippen LogP contribution is 2.36. The average molecular weight is 291 g/mol. The molecule has 2 heterocycles. The van der Waals surface area contributed by atoms with Crippen LogP contribution in [0.4, 0.5) is 11.5 Å². The summed E-state index contributed by atoms with van der Waals surface area (Å²) in [6.07, 6.45) is 1.15. The maximum Gasteiger partial charge on any atom is 0.340 e. The topological polar surface area (TPSA) is 108 Å². The first-order chi connectivity index (χ1) is 9.58.